The van der Waals surface area contributed by atoms with E-state index in [4.69, 9.17) is 18.7 Å². The third-order valence-corrected chi connectivity index (χ3v) is 7.10. The molecule has 1 atom stereocenters. The average Bonchev–Trinajstić information content (AvgIpc) is 3.70. The van der Waals surface area contributed by atoms with E-state index in [-0.39, 0.29) is 36.1 Å². The molecule has 1 N–H and O–H groups in total. The fourth-order valence-corrected chi connectivity index (χ4v) is 4.99. The van der Waals surface area contributed by atoms with Crippen LogP contribution >= 0.6 is 0 Å². The number of nitrogens with zero attached hydrogens (tertiary/aromatic N) is 2. The van der Waals surface area contributed by atoms with E-state index >= 15 is 0 Å². The molecule has 2 aromatic heterocycles. The molecule has 0 bridgehead atoms. The van der Waals surface area contributed by atoms with Crippen molar-refractivity contribution >= 4 is 5.97 Å². The van der Waals surface area contributed by atoms with Gasteiger partial charge in [-0.15, -0.1) is 0 Å². The lowest BCUT2D eigenvalue weighted by atomic mass is 9.91. The van der Waals surface area contributed by atoms with Crippen molar-refractivity contribution in [2.75, 3.05) is 13.7 Å². The summed E-state index contributed by atoms with van der Waals surface area (Å²) in [6, 6.07) is 8.98. The Morgan fingerprint density at radius 1 is 1.18 bits per heavy atom. The van der Waals surface area contributed by atoms with Crippen molar-refractivity contribution in [2.24, 2.45) is 11.8 Å². The van der Waals surface area contributed by atoms with Gasteiger partial charge in [-0.3, -0.25) is 4.79 Å². The van der Waals surface area contributed by atoms with Crippen molar-refractivity contribution in [3.63, 3.8) is 0 Å². The lowest BCUT2D eigenvalue weighted by Gasteiger charge is -2.17. The fraction of sp³-hybridized carbons (Fsp3) is 0.500. The maximum absolute atomic E-state index is 14.8. The molecule has 1 aromatic carbocycles. The SMILES string of the molecule is CCCC(CCC)COc1c(COc2cccc([C@@H](CC(=O)O)C3CC3)c2)noc1-c1cc(OC)ncc1F. The standard InChI is InChI=1S/C30H37FN2O6/c1-4-7-19(8-5-2)17-38-30-26(33-39-29(30)24-14-27(36-3)32-16-25(24)31)18-37-22-10-6-9-21(13-22)23(15-28(34)35)20-11-12-20/h6,9-10,13-14,16,19-20,23H,4-5,7-8,11-12,15,17-18H2,1-3H3,(H,34,35)/t23-/m0/s1. The maximum atomic E-state index is 14.8. The van der Waals surface area contributed by atoms with Crippen molar-refractivity contribution in [1.29, 1.82) is 0 Å². The van der Waals surface area contributed by atoms with Crippen LogP contribution in [0, 0.1) is 17.7 Å². The molecule has 0 spiro atoms. The number of carboxylic acids is 1. The first-order valence-corrected chi connectivity index (χ1v) is 13.7. The number of pyridine rings is 1. The summed E-state index contributed by atoms with van der Waals surface area (Å²) in [5.41, 5.74) is 1.49. The summed E-state index contributed by atoms with van der Waals surface area (Å²) in [6.07, 6.45) is 7.36. The number of halogens is 1. The lowest BCUT2D eigenvalue weighted by molar-refractivity contribution is -0.137. The molecule has 210 valence electrons. The number of carbonyl (C=O) groups is 1. The van der Waals surface area contributed by atoms with Gasteiger partial charge in [0.25, 0.3) is 0 Å². The highest BCUT2D eigenvalue weighted by molar-refractivity contribution is 5.68. The molecule has 9 heteroatoms. The van der Waals surface area contributed by atoms with E-state index in [1.807, 2.05) is 24.3 Å². The summed E-state index contributed by atoms with van der Waals surface area (Å²) >= 11 is 0. The normalized spacial score (nSPS) is 13.9. The number of benzene rings is 1. The zero-order chi connectivity index (χ0) is 27.8. The number of ether oxygens (including phenoxy) is 3. The average molecular weight is 541 g/mol. The van der Waals surface area contributed by atoms with Gasteiger partial charge in [0.1, 0.15) is 12.4 Å². The third-order valence-electron chi connectivity index (χ3n) is 7.10. The van der Waals surface area contributed by atoms with Crippen LogP contribution in [0.15, 0.2) is 41.1 Å². The minimum Gasteiger partial charge on any atom is -0.487 e. The highest BCUT2D eigenvalue weighted by atomic mass is 19.1. The molecule has 39 heavy (non-hydrogen) atoms. The molecule has 0 radical (unpaired) electrons. The van der Waals surface area contributed by atoms with Gasteiger partial charge in [0, 0.05) is 6.07 Å². The topological polar surface area (TPSA) is 104 Å². The molecular weight excluding hydrogens is 503 g/mol. The Morgan fingerprint density at radius 2 is 1.95 bits per heavy atom. The van der Waals surface area contributed by atoms with E-state index in [9.17, 15) is 14.3 Å². The Morgan fingerprint density at radius 3 is 2.62 bits per heavy atom. The van der Waals surface area contributed by atoms with Gasteiger partial charge >= 0.3 is 5.97 Å². The summed E-state index contributed by atoms with van der Waals surface area (Å²) in [6.45, 7) is 4.76. The minimum atomic E-state index is -0.806. The number of methoxy groups -OCH3 is 1. The van der Waals surface area contributed by atoms with Crippen LogP contribution < -0.4 is 14.2 Å². The number of carboxylic acid groups (broad SMARTS) is 1. The van der Waals surface area contributed by atoms with Crippen LogP contribution in [-0.4, -0.2) is 34.9 Å². The number of aromatic nitrogens is 2. The smallest absolute Gasteiger partial charge is 0.303 e. The summed E-state index contributed by atoms with van der Waals surface area (Å²) in [7, 11) is 1.46. The van der Waals surface area contributed by atoms with E-state index in [0.717, 1.165) is 50.3 Å². The number of hydrogen-bond acceptors (Lipinski definition) is 7. The van der Waals surface area contributed by atoms with Gasteiger partial charge in [-0.25, -0.2) is 9.37 Å². The fourth-order valence-electron chi connectivity index (χ4n) is 4.99. The maximum Gasteiger partial charge on any atom is 0.303 e. The molecule has 0 aliphatic heterocycles. The molecule has 1 aliphatic carbocycles. The molecule has 0 unspecified atom stereocenters. The Labute approximate surface area is 228 Å². The molecular formula is C30H37FN2O6. The summed E-state index contributed by atoms with van der Waals surface area (Å²) < 4.78 is 37.9. The van der Waals surface area contributed by atoms with Gasteiger partial charge in [-0.05, 0) is 61.1 Å². The van der Waals surface area contributed by atoms with E-state index in [1.165, 1.54) is 13.2 Å². The zero-order valence-corrected chi connectivity index (χ0v) is 22.8. The van der Waals surface area contributed by atoms with Crippen LogP contribution in [0.5, 0.6) is 17.4 Å². The number of rotatable bonds is 16. The molecule has 1 saturated carbocycles. The second-order valence-corrected chi connectivity index (χ2v) is 10.2. The largest absolute Gasteiger partial charge is 0.487 e. The molecule has 8 nitrogen and oxygen atoms in total. The van der Waals surface area contributed by atoms with Crippen molar-refractivity contribution in [3.8, 4) is 28.7 Å². The van der Waals surface area contributed by atoms with Gasteiger partial charge in [-0.1, -0.05) is 44.0 Å². The lowest BCUT2D eigenvalue weighted by Crippen LogP contribution is -2.13. The van der Waals surface area contributed by atoms with Crippen LogP contribution in [0.1, 0.15) is 76.0 Å². The van der Waals surface area contributed by atoms with E-state index in [1.54, 1.807) is 0 Å². The Bertz CT molecular complexity index is 1240. The van der Waals surface area contributed by atoms with E-state index < -0.39 is 11.8 Å². The molecule has 1 aliphatic rings. The van der Waals surface area contributed by atoms with Crippen LogP contribution in [0.2, 0.25) is 0 Å². The highest BCUT2D eigenvalue weighted by Gasteiger charge is 2.34. The Hall–Kier alpha value is -3.62. The van der Waals surface area contributed by atoms with Gasteiger partial charge < -0.3 is 23.8 Å². The van der Waals surface area contributed by atoms with Crippen LogP contribution in [0.25, 0.3) is 11.3 Å². The Balaban J connectivity index is 1.58. The number of hydrogen-bond donors (Lipinski definition) is 1. The monoisotopic (exact) mass is 540 g/mol. The minimum absolute atomic E-state index is 0.0331. The summed E-state index contributed by atoms with van der Waals surface area (Å²) in [5, 5.41) is 13.6. The van der Waals surface area contributed by atoms with Gasteiger partial charge in [0.05, 0.1) is 31.9 Å². The van der Waals surface area contributed by atoms with Crippen molar-refractivity contribution in [3.05, 3.63) is 53.6 Å². The second kappa shape index (κ2) is 13.4. The van der Waals surface area contributed by atoms with Crippen molar-refractivity contribution in [2.45, 2.75) is 71.3 Å². The third kappa shape index (κ3) is 7.49. The predicted molar refractivity (Wildman–Crippen MR) is 144 cm³/mol. The quantitative estimate of drug-likeness (QED) is 0.207. The van der Waals surface area contributed by atoms with Gasteiger partial charge in [0.2, 0.25) is 11.6 Å². The first-order chi connectivity index (χ1) is 18.9. The van der Waals surface area contributed by atoms with Crippen LogP contribution in [0.3, 0.4) is 0 Å². The van der Waals surface area contributed by atoms with E-state index in [2.05, 4.69) is 24.0 Å². The van der Waals surface area contributed by atoms with Crippen molar-refractivity contribution in [1.82, 2.24) is 10.1 Å². The Kier molecular flexibility index (Phi) is 9.79. The van der Waals surface area contributed by atoms with Gasteiger partial charge in [-0.2, -0.15) is 0 Å². The number of aliphatic carboxylic acids is 1. The molecule has 0 amide bonds. The highest BCUT2D eigenvalue weighted by Crippen LogP contribution is 2.45. The summed E-state index contributed by atoms with van der Waals surface area (Å²) in [4.78, 5) is 15.3. The molecule has 0 saturated heterocycles. The first kappa shape index (κ1) is 28.4. The van der Waals surface area contributed by atoms with Crippen LogP contribution in [-0.2, 0) is 11.4 Å². The molecule has 4 rings (SSSR count). The van der Waals surface area contributed by atoms with Crippen molar-refractivity contribution < 1.29 is 33.0 Å². The summed E-state index contributed by atoms with van der Waals surface area (Å²) in [5.74, 6) is 0.622. The second-order valence-electron chi connectivity index (χ2n) is 10.2. The predicted octanol–water partition coefficient (Wildman–Crippen LogP) is 7.03. The van der Waals surface area contributed by atoms with Gasteiger partial charge in [0.15, 0.2) is 17.3 Å². The van der Waals surface area contributed by atoms with E-state index in [0.29, 0.717) is 35.6 Å². The molecule has 1 fully saturated rings. The molecule has 3 aromatic rings. The first-order valence-electron chi connectivity index (χ1n) is 13.7. The van der Waals surface area contributed by atoms with Crippen LogP contribution in [0.4, 0.5) is 4.39 Å². The zero-order valence-electron chi connectivity index (χ0n) is 22.8. The molecule has 2 heterocycles.